The van der Waals surface area contributed by atoms with E-state index in [-0.39, 0.29) is 28.8 Å². The van der Waals surface area contributed by atoms with Crippen LogP contribution in [0.2, 0.25) is 0 Å². The van der Waals surface area contributed by atoms with Crippen molar-refractivity contribution < 1.29 is 40.7 Å². The monoisotopic (exact) mass is 469 g/mol. The number of aryl methyl sites for hydroxylation is 1. The zero-order valence-electron chi connectivity index (χ0n) is 17.0. The average molecular weight is 469 g/mol. The molecule has 3 rings (SSSR count). The molecule has 3 atom stereocenters. The fourth-order valence-electron chi connectivity index (χ4n) is 3.73. The Morgan fingerprint density at radius 2 is 1.81 bits per heavy atom. The van der Waals surface area contributed by atoms with Crippen LogP contribution in [0.1, 0.15) is 12.0 Å². The minimum Gasteiger partial charge on any atom is -0.475 e. The Morgan fingerprint density at radius 3 is 2.26 bits per heavy atom. The molecule has 2 N–H and O–H groups in total. The Morgan fingerprint density at radius 1 is 1.23 bits per heavy atom. The molecule has 13 heteroatoms. The third kappa shape index (κ3) is 5.33. The molecule has 1 aromatic carbocycles. The summed E-state index contributed by atoms with van der Waals surface area (Å²) in [4.78, 5) is 22.7. The molecule has 0 aromatic heterocycles. The van der Waals surface area contributed by atoms with Crippen LogP contribution in [0.25, 0.3) is 0 Å². The molecule has 1 aromatic rings. The molecule has 2 saturated heterocycles. The Balaban J connectivity index is 0.000000423. The van der Waals surface area contributed by atoms with E-state index in [1.807, 2.05) is 11.9 Å². The highest BCUT2D eigenvalue weighted by Gasteiger charge is 2.49. The van der Waals surface area contributed by atoms with E-state index in [9.17, 15) is 30.8 Å². The summed E-state index contributed by atoms with van der Waals surface area (Å²) in [5.74, 6) is -3.20. The van der Waals surface area contributed by atoms with Gasteiger partial charge in [0.2, 0.25) is 15.9 Å². The average Bonchev–Trinajstić information content (AvgIpc) is 3.23. The summed E-state index contributed by atoms with van der Waals surface area (Å²) < 4.78 is 72.4. The molecule has 0 spiro atoms. The van der Waals surface area contributed by atoms with E-state index in [4.69, 9.17) is 9.90 Å². The van der Waals surface area contributed by atoms with Gasteiger partial charge in [-0.3, -0.25) is 9.69 Å². The van der Waals surface area contributed by atoms with E-state index in [0.717, 1.165) is 6.07 Å². The lowest BCUT2D eigenvalue weighted by Gasteiger charge is -2.25. The van der Waals surface area contributed by atoms with Crippen LogP contribution in [0.15, 0.2) is 23.1 Å². The van der Waals surface area contributed by atoms with Gasteiger partial charge in [0.05, 0.1) is 10.9 Å². The van der Waals surface area contributed by atoms with Crippen LogP contribution >= 0.6 is 0 Å². The number of amides is 1. The molecule has 2 fully saturated rings. The molecule has 8 nitrogen and oxygen atoms in total. The van der Waals surface area contributed by atoms with Crippen molar-refractivity contribution >= 4 is 21.9 Å². The minimum absolute atomic E-state index is 0.0115. The van der Waals surface area contributed by atoms with Crippen molar-refractivity contribution in [2.75, 3.05) is 27.2 Å². The van der Waals surface area contributed by atoms with E-state index in [1.54, 1.807) is 14.0 Å². The predicted molar refractivity (Wildman–Crippen MR) is 101 cm³/mol. The molecule has 0 radical (unpaired) electrons. The molecule has 31 heavy (non-hydrogen) atoms. The summed E-state index contributed by atoms with van der Waals surface area (Å²) in [6.45, 7) is 2.28. The summed E-state index contributed by atoms with van der Waals surface area (Å²) in [5, 5.41) is 9.78. The molecule has 2 aliphatic rings. The predicted octanol–water partition coefficient (Wildman–Crippen LogP) is 1.21. The Hall–Kier alpha value is -2.25. The summed E-state index contributed by atoms with van der Waals surface area (Å²) >= 11 is 0. The van der Waals surface area contributed by atoms with Crippen LogP contribution in [0.5, 0.6) is 0 Å². The lowest BCUT2D eigenvalue weighted by Crippen LogP contribution is -2.45. The summed E-state index contributed by atoms with van der Waals surface area (Å²) in [7, 11) is -0.263. The number of halogens is 4. The number of carbonyl (C=O) groups excluding carboxylic acids is 1. The Kier molecular flexibility index (Phi) is 7.33. The summed E-state index contributed by atoms with van der Waals surface area (Å²) in [5.41, 5.74) is 0.417. The summed E-state index contributed by atoms with van der Waals surface area (Å²) in [6, 6.07) is 3.80. The third-order valence-electron chi connectivity index (χ3n) is 5.49. The molecular weight excluding hydrogens is 446 g/mol. The number of sulfonamides is 1. The zero-order valence-corrected chi connectivity index (χ0v) is 17.8. The Bertz CT molecular complexity index is 954. The third-order valence-corrected chi connectivity index (χ3v) is 7.31. The van der Waals surface area contributed by atoms with Gasteiger partial charge in [-0.1, -0.05) is 6.07 Å². The lowest BCUT2D eigenvalue weighted by atomic mass is 10.0. The van der Waals surface area contributed by atoms with Crippen molar-refractivity contribution in [3.8, 4) is 0 Å². The van der Waals surface area contributed by atoms with Crippen molar-refractivity contribution in [3.63, 3.8) is 0 Å². The lowest BCUT2D eigenvalue weighted by molar-refractivity contribution is -0.192. The summed E-state index contributed by atoms with van der Waals surface area (Å²) in [6.07, 6.45) is -4.45. The maximum Gasteiger partial charge on any atom is 0.490 e. The number of hydrogen-bond donors (Lipinski definition) is 2. The first kappa shape index (κ1) is 25.0. The first-order valence-electron chi connectivity index (χ1n) is 9.20. The SMILES string of the molecule is CNC(=O)[C@H]1C[C@@H]2CN(S(=O)(=O)c3ccc(C)c(F)c3)C[C@@H]2N1C.O=C(O)C(F)(F)F. The standard InChI is InChI=1S/C16H22FN3O3S.C2HF3O2/c1-10-4-5-12(7-13(10)17)24(22,23)20-8-11-6-14(16(21)18-2)19(3)15(11)9-20;3-2(4,5)1(6)7/h4-5,7,11,14-15H,6,8-9H2,1-3H3,(H,18,21);(H,6,7)/t11-,14-,15+;/m1./s1. The van der Waals surface area contributed by atoms with Gasteiger partial charge < -0.3 is 10.4 Å². The number of aliphatic carboxylic acids is 1. The molecule has 0 bridgehead atoms. The molecule has 1 amide bonds. The minimum atomic E-state index is -5.08. The highest BCUT2D eigenvalue weighted by molar-refractivity contribution is 7.89. The normalized spacial score (nSPS) is 24.3. The highest BCUT2D eigenvalue weighted by atomic mass is 32.2. The van der Waals surface area contributed by atoms with Crippen LogP contribution < -0.4 is 5.32 Å². The number of nitrogens with one attached hydrogen (secondary N) is 1. The quantitative estimate of drug-likeness (QED) is 0.645. The fraction of sp³-hybridized carbons (Fsp3) is 0.556. The topological polar surface area (TPSA) is 107 Å². The number of alkyl halides is 3. The molecule has 0 unspecified atom stereocenters. The van der Waals surface area contributed by atoms with E-state index in [0.29, 0.717) is 25.1 Å². The van der Waals surface area contributed by atoms with Crippen LogP contribution in [0.4, 0.5) is 17.6 Å². The van der Waals surface area contributed by atoms with Crippen LogP contribution in [0.3, 0.4) is 0 Å². The molecule has 174 valence electrons. The number of rotatable bonds is 3. The smallest absolute Gasteiger partial charge is 0.475 e. The second-order valence-corrected chi connectivity index (χ2v) is 9.33. The van der Waals surface area contributed by atoms with E-state index in [1.165, 1.54) is 16.4 Å². The maximum atomic E-state index is 13.7. The van der Waals surface area contributed by atoms with Gasteiger partial charge in [-0.05, 0) is 44.0 Å². The number of fused-ring (bicyclic) bond motifs is 1. The van der Waals surface area contributed by atoms with Gasteiger partial charge >= 0.3 is 12.1 Å². The van der Waals surface area contributed by atoms with Gasteiger partial charge in [0.1, 0.15) is 5.82 Å². The number of benzene rings is 1. The van der Waals surface area contributed by atoms with Gasteiger partial charge in [-0.2, -0.15) is 17.5 Å². The molecule has 0 aliphatic carbocycles. The van der Waals surface area contributed by atoms with Gasteiger partial charge in [-0.15, -0.1) is 0 Å². The maximum absolute atomic E-state index is 13.7. The van der Waals surface area contributed by atoms with Crippen LogP contribution in [-0.4, -0.2) is 80.1 Å². The van der Waals surface area contributed by atoms with Gasteiger partial charge in [0, 0.05) is 26.2 Å². The largest absolute Gasteiger partial charge is 0.490 e. The van der Waals surface area contributed by atoms with Gasteiger partial charge in [0.25, 0.3) is 0 Å². The van der Waals surface area contributed by atoms with E-state index < -0.39 is 28.0 Å². The van der Waals surface area contributed by atoms with E-state index in [2.05, 4.69) is 5.32 Å². The van der Waals surface area contributed by atoms with Crippen molar-refractivity contribution in [2.24, 2.45) is 5.92 Å². The second-order valence-electron chi connectivity index (χ2n) is 7.39. The fourth-order valence-corrected chi connectivity index (χ4v) is 5.26. The Labute approximate surface area is 176 Å². The van der Waals surface area contributed by atoms with Crippen molar-refractivity contribution in [1.29, 1.82) is 0 Å². The van der Waals surface area contributed by atoms with E-state index >= 15 is 0 Å². The zero-order chi connectivity index (χ0) is 23.7. The molecule has 2 heterocycles. The van der Waals surface area contributed by atoms with Crippen molar-refractivity contribution in [2.45, 2.75) is 36.5 Å². The van der Waals surface area contributed by atoms with Gasteiger partial charge in [-0.25, -0.2) is 17.6 Å². The number of likely N-dealkylation sites (tertiary alicyclic amines) is 1. The molecule has 2 aliphatic heterocycles. The first-order valence-corrected chi connectivity index (χ1v) is 10.6. The van der Waals surface area contributed by atoms with Gasteiger partial charge in [0.15, 0.2) is 0 Å². The number of carboxylic acid groups (broad SMARTS) is 1. The van der Waals surface area contributed by atoms with Crippen LogP contribution in [0, 0.1) is 18.7 Å². The highest BCUT2D eigenvalue weighted by Crippen LogP contribution is 2.37. The molecule has 0 saturated carbocycles. The number of hydrogen-bond acceptors (Lipinski definition) is 5. The number of nitrogens with zero attached hydrogens (tertiary/aromatic N) is 2. The number of likely N-dealkylation sites (N-methyl/N-ethyl adjacent to an activating group) is 2. The molecular formula is C18H23F4N3O5S. The first-order chi connectivity index (χ1) is 14.2. The number of carboxylic acids is 1. The van der Waals surface area contributed by atoms with Crippen molar-refractivity contribution in [1.82, 2.24) is 14.5 Å². The van der Waals surface area contributed by atoms with Crippen LogP contribution in [-0.2, 0) is 19.6 Å². The second kappa shape index (κ2) is 9.09. The number of carbonyl (C=O) groups is 2. The van der Waals surface area contributed by atoms with Crippen molar-refractivity contribution in [3.05, 3.63) is 29.6 Å².